The third-order valence-electron chi connectivity index (χ3n) is 4.00. The summed E-state index contributed by atoms with van der Waals surface area (Å²) in [6, 6.07) is 2.32. The highest BCUT2D eigenvalue weighted by atomic mass is 16.5. The summed E-state index contributed by atoms with van der Waals surface area (Å²) in [6.45, 7) is 2.00. The number of nitrogens with zero attached hydrogens (tertiary/aromatic N) is 2. The van der Waals surface area contributed by atoms with Gasteiger partial charge in [0.25, 0.3) is 0 Å². The summed E-state index contributed by atoms with van der Waals surface area (Å²) in [7, 11) is 3.23. The van der Waals surface area contributed by atoms with Gasteiger partial charge in [0.2, 0.25) is 5.91 Å². The van der Waals surface area contributed by atoms with E-state index in [9.17, 15) is 10.1 Å². The normalized spacial score (nSPS) is 18.1. The van der Waals surface area contributed by atoms with Gasteiger partial charge in [0.15, 0.2) is 0 Å². The van der Waals surface area contributed by atoms with E-state index in [1.54, 1.807) is 19.1 Å². The predicted octanol–water partition coefficient (Wildman–Crippen LogP) is 1.97. The minimum atomic E-state index is -0.835. The fraction of sp³-hybridized carbons (Fsp3) is 0.867. The first-order chi connectivity index (χ1) is 9.70. The summed E-state index contributed by atoms with van der Waals surface area (Å²) < 4.78 is 10.1. The third-order valence-corrected chi connectivity index (χ3v) is 4.00. The Bertz CT molecular complexity index is 323. The van der Waals surface area contributed by atoms with E-state index in [0.29, 0.717) is 39.1 Å². The highest BCUT2D eigenvalue weighted by molar-refractivity contribution is 5.85. The summed E-state index contributed by atoms with van der Waals surface area (Å²) in [4.78, 5) is 14.5. The zero-order valence-electron chi connectivity index (χ0n) is 12.7. The fourth-order valence-electron chi connectivity index (χ4n) is 2.73. The van der Waals surface area contributed by atoms with Crippen molar-refractivity contribution in [3.63, 3.8) is 0 Å². The number of methoxy groups -OCH3 is 2. The van der Waals surface area contributed by atoms with Crippen LogP contribution in [0.25, 0.3) is 0 Å². The molecule has 0 unspecified atom stereocenters. The second kappa shape index (κ2) is 8.93. The van der Waals surface area contributed by atoms with Crippen molar-refractivity contribution in [2.75, 3.05) is 40.5 Å². The molecule has 1 saturated carbocycles. The molecule has 114 valence electrons. The van der Waals surface area contributed by atoms with Crippen LogP contribution in [0, 0.1) is 16.7 Å². The van der Waals surface area contributed by atoms with Crippen molar-refractivity contribution in [3.8, 4) is 6.07 Å². The maximum atomic E-state index is 12.8. The summed E-state index contributed by atoms with van der Waals surface area (Å²) in [5.74, 6) is -0.0454. The molecule has 5 heteroatoms. The van der Waals surface area contributed by atoms with Crippen LogP contribution in [0.2, 0.25) is 0 Å². The average molecular weight is 282 g/mol. The largest absolute Gasteiger partial charge is 0.383 e. The van der Waals surface area contributed by atoms with E-state index < -0.39 is 5.41 Å². The molecule has 5 nitrogen and oxygen atoms in total. The van der Waals surface area contributed by atoms with Crippen LogP contribution in [0.15, 0.2) is 0 Å². The summed E-state index contributed by atoms with van der Waals surface area (Å²) >= 11 is 0. The first-order valence-electron chi connectivity index (χ1n) is 7.38. The predicted molar refractivity (Wildman–Crippen MR) is 76.1 cm³/mol. The van der Waals surface area contributed by atoms with Crippen molar-refractivity contribution in [1.29, 1.82) is 5.26 Å². The van der Waals surface area contributed by atoms with Crippen molar-refractivity contribution < 1.29 is 14.3 Å². The molecular formula is C15H26N2O3. The van der Waals surface area contributed by atoms with Crippen LogP contribution >= 0.6 is 0 Å². The van der Waals surface area contributed by atoms with Gasteiger partial charge in [-0.1, -0.05) is 25.7 Å². The van der Waals surface area contributed by atoms with E-state index in [4.69, 9.17) is 9.47 Å². The fourth-order valence-corrected chi connectivity index (χ4v) is 2.73. The Morgan fingerprint density at radius 1 is 1.10 bits per heavy atom. The van der Waals surface area contributed by atoms with Gasteiger partial charge >= 0.3 is 0 Å². The van der Waals surface area contributed by atoms with Crippen molar-refractivity contribution in [3.05, 3.63) is 0 Å². The van der Waals surface area contributed by atoms with Gasteiger partial charge < -0.3 is 14.4 Å². The van der Waals surface area contributed by atoms with Crippen molar-refractivity contribution >= 4 is 5.91 Å². The lowest BCUT2D eigenvalue weighted by Crippen LogP contribution is -2.46. The zero-order valence-corrected chi connectivity index (χ0v) is 12.7. The average Bonchev–Trinajstić information content (AvgIpc) is 2.73. The molecule has 0 N–H and O–H groups in total. The molecule has 0 spiro atoms. The molecule has 0 heterocycles. The monoisotopic (exact) mass is 282 g/mol. The number of rotatable bonds is 7. The Hall–Kier alpha value is -1.12. The van der Waals surface area contributed by atoms with Crippen LogP contribution in [0.1, 0.15) is 38.5 Å². The molecule has 0 bridgehead atoms. The van der Waals surface area contributed by atoms with Gasteiger partial charge in [0.1, 0.15) is 5.41 Å². The maximum absolute atomic E-state index is 12.8. The number of hydrogen-bond acceptors (Lipinski definition) is 4. The highest BCUT2D eigenvalue weighted by Crippen LogP contribution is 2.36. The van der Waals surface area contributed by atoms with Gasteiger partial charge in [-0.05, 0) is 12.8 Å². The van der Waals surface area contributed by atoms with Gasteiger partial charge in [-0.25, -0.2) is 0 Å². The number of hydrogen-bond donors (Lipinski definition) is 0. The third kappa shape index (κ3) is 4.46. The van der Waals surface area contributed by atoms with Crippen LogP contribution in [-0.4, -0.2) is 51.3 Å². The minimum absolute atomic E-state index is 0.0454. The van der Waals surface area contributed by atoms with E-state index in [2.05, 4.69) is 6.07 Å². The molecule has 20 heavy (non-hydrogen) atoms. The summed E-state index contributed by atoms with van der Waals surface area (Å²) in [5.41, 5.74) is -0.835. The standard InChI is InChI=1S/C15H26N2O3/c1-19-11-9-17(10-12-20-2)14(18)15(13-16)7-5-3-4-6-8-15/h3-12H2,1-2H3. The molecule has 0 radical (unpaired) electrons. The summed E-state index contributed by atoms with van der Waals surface area (Å²) in [6.07, 6.45) is 5.51. The highest BCUT2D eigenvalue weighted by Gasteiger charge is 2.41. The molecule has 1 fully saturated rings. The van der Waals surface area contributed by atoms with Crippen LogP contribution < -0.4 is 0 Å². The SMILES string of the molecule is COCCN(CCOC)C(=O)C1(C#N)CCCCCC1. The number of amides is 1. The topological polar surface area (TPSA) is 62.6 Å². The first-order valence-corrected chi connectivity index (χ1v) is 7.38. The van der Waals surface area contributed by atoms with Crippen LogP contribution in [0.5, 0.6) is 0 Å². The van der Waals surface area contributed by atoms with E-state index in [1.807, 2.05) is 0 Å². The van der Waals surface area contributed by atoms with Gasteiger partial charge in [-0.2, -0.15) is 5.26 Å². The Balaban J connectivity index is 2.79. The maximum Gasteiger partial charge on any atom is 0.243 e. The quantitative estimate of drug-likeness (QED) is 0.670. The Morgan fingerprint density at radius 3 is 2.00 bits per heavy atom. The molecule has 1 aliphatic carbocycles. The number of carbonyl (C=O) groups is 1. The zero-order chi connectivity index (χ0) is 14.8. The molecule has 0 aliphatic heterocycles. The smallest absolute Gasteiger partial charge is 0.243 e. The molecule has 1 aliphatic rings. The molecule has 0 aromatic heterocycles. The van der Waals surface area contributed by atoms with E-state index in [-0.39, 0.29) is 5.91 Å². The minimum Gasteiger partial charge on any atom is -0.383 e. The molecule has 0 aromatic rings. The number of ether oxygens (including phenoxy) is 2. The lowest BCUT2D eigenvalue weighted by molar-refractivity contribution is -0.141. The van der Waals surface area contributed by atoms with Crippen LogP contribution in [-0.2, 0) is 14.3 Å². The second-order valence-electron chi connectivity index (χ2n) is 5.39. The lowest BCUT2D eigenvalue weighted by Gasteiger charge is -2.31. The number of carbonyl (C=O) groups excluding carboxylic acids is 1. The van der Waals surface area contributed by atoms with Gasteiger partial charge in [0, 0.05) is 27.3 Å². The van der Waals surface area contributed by atoms with E-state index in [1.165, 1.54) is 0 Å². The molecule has 1 rings (SSSR count). The molecule has 0 atom stereocenters. The lowest BCUT2D eigenvalue weighted by atomic mass is 9.80. The van der Waals surface area contributed by atoms with Gasteiger partial charge in [0.05, 0.1) is 19.3 Å². The Morgan fingerprint density at radius 2 is 1.60 bits per heavy atom. The molecule has 1 amide bonds. The summed E-state index contributed by atoms with van der Waals surface area (Å²) in [5, 5.41) is 9.58. The van der Waals surface area contributed by atoms with E-state index >= 15 is 0 Å². The Labute approximate surface area is 121 Å². The number of nitriles is 1. The van der Waals surface area contributed by atoms with Crippen molar-refractivity contribution in [1.82, 2.24) is 4.90 Å². The van der Waals surface area contributed by atoms with Crippen molar-refractivity contribution in [2.24, 2.45) is 5.41 Å². The van der Waals surface area contributed by atoms with Gasteiger partial charge in [-0.15, -0.1) is 0 Å². The van der Waals surface area contributed by atoms with Gasteiger partial charge in [-0.3, -0.25) is 4.79 Å². The van der Waals surface area contributed by atoms with Crippen LogP contribution in [0.3, 0.4) is 0 Å². The second-order valence-corrected chi connectivity index (χ2v) is 5.39. The van der Waals surface area contributed by atoms with E-state index in [0.717, 1.165) is 25.7 Å². The Kier molecular flexibility index (Phi) is 7.56. The van der Waals surface area contributed by atoms with Crippen molar-refractivity contribution in [2.45, 2.75) is 38.5 Å². The first kappa shape index (κ1) is 16.9. The van der Waals surface area contributed by atoms with Crippen LogP contribution in [0.4, 0.5) is 0 Å². The molecule has 0 saturated heterocycles. The molecular weight excluding hydrogens is 256 g/mol. The molecule has 0 aromatic carbocycles.